The van der Waals surface area contributed by atoms with Crippen LogP contribution >= 0.6 is 0 Å². The monoisotopic (exact) mass is 278 g/mol. The van der Waals surface area contributed by atoms with Gasteiger partial charge in [0.25, 0.3) is 11.5 Å². The van der Waals surface area contributed by atoms with E-state index in [4.69, 9.17) is 5.11 Å². The second kappa shape index (κ2) is 5.43. The standard InChI is InChI=1S/C11H13F3N2O3/c1-6-3-4-15-9(18)8(6)10(19)16(2)5-7(17)11(12,13)14/h3-4,7,17H,5H2,1-2H3,(H,15,18). The quantitative estimate of drug-likeness (QED) is 0.854. The molecule has 0 aliphatic carbocycles. The van der Waals surface area contributed by atoms with Crippen molar-refractivity contribution in [2.75, 3.05) is 13.6 Å². The van der Waals surface area contributed by atoms with E-state index in [2.05, 4.69) is 4.98 Å². The fraction of sp³-hybridized carbons (Fsp3) is 0.455. The number of aliphatic hydroxyl groups is 1. The Morgan fingerprint density at radius 3 is 2.58 bits per heavy atom. The highest BCUT2D eigenvalue weighted by atomic mass is 19.4. The number of nitrogens with one attached hydrogen (secondary N) is 1. The first-order chi connectivity index (χ1) is 8.64. The van der Waals surface area contributed by atoms with Crippen molar-refractivity contribution in [1.82, 2.24) is 9.88 Å². The summed E-state index contributed by atoms with van der Waals surface area (Å²) in [6, 6.07) is 1.46. The van der Waals surface area contributed by atoms with E-state index in [1.54, 1.807) is 0 Å². The fourth-order valence-electron chi connectivity index (χ4n) is 1.48. The summed E-state index contributed by atoms with van der Waals surface area (Å²) < 4.78 is 36.5. The van der Waals surface area contributed by atoms with Crippen LogP contribution in [-0.4, -0.2) is 46.8 Å². The number of aromatic amines is 1. The Kier molecular flexibility index (Phi) is 4.35. The van der Waals surface area contributed by atoms with E-state index in [9.17, 15) is 22.8 Å². The number of aliphatic hydroxyl groups excluding tert-OH is 1. The van der Waals surface area contributed by atoms with Gasteiger partial charge in [-0.3, -0.25) is 9.59 Å². The maximum absolute atomic E-state index is 12.2. The number of aromatic nitrogens is 1. The third kappa shape index (κ3) is 3.57. The van der Waals surface area contributed by atoms with E-state index >= 15 is 0 Å². The first kappa shape index (κ1) is 15.2. The van der Waals surface area contributed by atoms with Crippen LogP contribution in [0.15, 0.2) is 17.1 Å². The molecule has 0 spiro atoms. The summed E-state index contributed by atoms with van der Waals surface area (Å²) in [5.41, 5.74) is -0.570. The normalized spacial score (nSPS) is 13.2. The van der Waals surface area contributed by atoms with E-state index in [1.807, 2.05) is 0 Å². The fourth-order valence-corrected chi connectivity index (χ4v) is 1.48. The van der Waals surface area contributed by atoms with E-state index in [0.717, 1.165) is 7.05 Å². The van der Waals surface area contributed by atoms with Crippen molar-refractivity contribution in [2.45, 2.75) is 19.2 Å². The summed E-state index contributed by atoms with van der Waals surface area (Å²) in [5.74, 6) is -0.873. The summed E-state index contributed by atoms with van der Waals surface area (Å²) in [6.45, 7) is 0.562. The first-order valence-electron chi connectivity index (χ1n) is 5.33. The number of carbonyl (C=O) groups is 1. The molecule has 0 aromatic carbocycles. The van der Waals surface area contributed by atoms with Gasteiger partial charge in [0.15, 0.2) is 6.10 Å². The van der Waals surface area contributed by atoms with E-state index in [0.29, 0.717) is 10.5 Å². The lowest BCUT2D eigenvalue weighted by Gasteiger charge is -2.22. The number of amides is 1. The number of hydrogen-bond acceptors (Lipinski definition) is 3. The van der Waals surface area contributed by atoms with Crippen LogP contribution in [0.2, 0.25) is 0 Å². The number of aryl methyl sites for hydroxylation is 1. The molecule has 1 atom stereocenters. The Morgan fingerprint density at radius 2 is 2.11 bits per heavy atom. The zero-order valence-corrected chi connectivity index (χ0v) is 10.3. The summed E-state index contributed by atoms with van der Waals surface area (Å²) in [7, 11) is 1.09. The molecular formula is C11H13F3N2O3. The molecule has 0 saturated carbocycles. The third-order valence-electron chi connectivity index (χ3n) is 2.55. The Bertz CT molecular complexity index is 525. The molecule has 5 nitrogen and oxygen atoms in total. The van der Waals surface area contributed by atoms with Crippen LogP contribution in [0, 0.1) is 6.92 Å². The predicted octanol–water partition coefficient (Wildman–Crippen LogP) is 0.679. The van der Waals surface area contributed by atoms with Crippen LogP contribution in [0.3, 0.4) is 0 Å². The topological polar surface area (TPSA) is 73.4 Å². The Morgan fingerprint density at radius 1 is 1.53 bits per heavy atom. The Hall–Kier alpha value is -1.83. The second-order valence-electron chi connectivity index (χ2n) is 4.11. The molecular weight excluding hydrogens is 265 g/mol. The number of H-pyrrole nitrogens is 1. The minimum absolute atomic E-state index is 0.237. The average Bonchev–Trinajstić information content (AvgIpc) is 2.27. The zero-order valence-electron chi connectivity index (χ0n) is 10.3. The SMILES string of the molecule is Cc1cc[nH]c(=O)c1C(=O)N(C)CC(O)C(F)(F)F. The molecule has 8 heteroatoms. The van der Waals surface area contributed by atoms with Gasteiger partial charge in [0.2, 0.25) is 0 Å². The number of carbonyl (C=O) groups excluding carboxylic acids is 1. The van der Waals surface area contributed by atoms with Crippen molar-refractivity contribution < 1.29 is 23.1 Å². The van der Waals surface area contributed by atoms with Gasteiger partial charge in [-0.25, -0.2) is 0 Å². The molecule has 0 aliphatic heterocycles. The van der Waals surface area contributed by atoms with Crippen LogP contribution in [0.25, 0.3) is 0 Å². The number of nitrogens with zero attached hydrogens (tertiary/aromatic N) is 1. The van der Waals surface area contributed by atoms with Crippen molar-refractivity contribution in [2.24, 2.45) is 0 Å². The predicted molar refractivity (Wildman–Crippen MR) is 60.8 cm³/mol. The molecule has 0 radical (unpaired) electrons. The second-order valence-corrected chi connectivity index (χ2v) is 4.11. The molecule has 0 fully saturated rings. The maximum atomic E-state index is 12.2. The van der Waals surface area contributed by atoms with Gasteiger partial charge in [-0.15, -0.1) is 0 Å². The van der Waals surface area contributed by atoms with Crippen LogP contribution in [0.4, 0.5) is 13.2 Å². The van der Waals surface area contributed by atoms with Crippen LogP contribution in [-0.2, 0) is 0 Å². The summed E-state index contributed by atoms with van der Waals surface area (Å²) in [5, 5.41) is 8.89. The highest BCUT2D eigenvalue weighted by Gasteiger charge is 2.39. The Balaban J connectivity index is 2.93. The number of likely N-dealkylation sites (N-methyl/N-ethyl adjacent to an activating group) is 1. The van der Waals surface area contributed by atoms with Gasteiger partial charge >= 0.3 is 6.18 Å². The van der Waals surface area contributed by atoms with Crippen molar-refractivity contribution in [3.63, 3.8) is 0 Å². The lowest BCUT2D eigenvalue weighted by molar-refractivity contribution is -0.205. The summed E-state index contributed by atoms with van der Waals surface area (Å²) in [6.07, 6.45) is -6.13. The van der Waals surface area contributed by atoms with E-state index in [1.165, 1.54) is 19.2 Å². The molecule has 106 valence electrons. The van der Waals surface area contributed by atoms with Crippen molar-refractivity contribution in [3.05, 3.63) is 33.7 Å². The van der Waals surface area contributed by atoms with Crippen molar-refractivity contribution in [3.8, 4) is 0 Å². The average molecular weight is 278 g/mol. The molecule has 19 heavy (non-hydrogen) atoms. The van der Waals surface area contributed by atoms with Gasteiger partial charge in [-0.05, 0) is 18.6 Å². The molecule has 1 rings (SSSR count). The molecule has 1 aromatic rings. The zero-order chi connectivity index (χ0) is 14.8. The smallest absolute Gasteiger partial charge is 0.382 e. The molecule has 0 saturated heterocycles. The molecule has 1 unspecified atom stereocenters. The lowest BCUT2D eigenvalue weighted by atomic mass is 10.1. The van der Waals surface area contributed by atoms with Crippen LogP contribution in [0.1, 0.15) is 15.9 Å². The number of alkyl halides is 3. The van der Waals surface area contributed by atoms with Gasteiger partial charge in [-0.2, -0.15) is 13.2 Å². The molecule has 1 heterocycles. The van der Waals surface area contributed by atoms with Gasteiger partial charge in [0, 0.05) is 13.2 Å². The summed E-state index contributed by atoms with van der Waals surface area (Å²) >= 11 is 0. The minimum atomic E-state index is -4.81. The van der Waals surface area contributed by atoms with Gasteiger partial charge < -0.3 is 15.0 Å². The molecule has 2 N–H and O–H groups in total. The van der Waals surface area contributed by atoms with E-state index < -0.39 is 30.3 Å². The number of pyridine rings is 1. The first-order valence-corrected chi connectivity index (χ1v) is 5.33. The van der Waals surface area contributed by atoms with Crippen LogP contribution in [0.5, 0.6) is 0 Å². The largest absolute Gasteiger partial charge is 0.416 e. The number of halogens is 3. The summed E-state index contributed by atoms with van der Waals surface area (Å²) in [4.78, 5) is 26.3. The van der Waals surface area contributed by atoms with Crippen molar-refractivity contribution >= 4 is 5.91 Å². The molecule has 1 amide bonds. The van der Waals surface area contributed by atoms with Gasteiger partial charge in [0.05, 0.1) is 6.54 Å². The lowest BCUT2D eigenvalue weighted by Crippen LogP contribution is -2.43. The third-order valence-corrected chi connectivity index (χ3v) is 2.55. The minimum Gasteiger partial charge on any atom is -0.382 e. The number of rotatable bonds is 3. The number of hydrogen-bond donors (Lipinski definition) is 2. The van der Waals surface area contributed by atoms with E-state index in [-0.39, 0.29) is 5.56 Å². The highest BCUT2D eigenvalue weighted by molar-refractivity contribution is 5.95. The van der Waals surface area contributed by atoms with Gasteiger partial charge in [-0.1, -0.05) is 0 Å². The maximum Gasteiger partial charge on any atom is 0.416 e. The Labute approximate surface area is 106 Å². The van der Waals surface area contributed by atoms with Crippen LogP contribution < -0.4 is 5.56 Å². The highest BCUT2D eigenvalue weighted by Crippen LogP contribution is 2.20. The molecule has 0 aliphatic rings. The molecule has 0 bridgehead atoms. The molecule has 1 aromatic heterocycles. The van der Waals surface area contributed by atoms with Gasteiger partial charge in [0.1, 0.15) is 5.56 Å². The van der Waals surface area contributed by atoms with Crippen molar-refractivity contribution in [1.29, 1.82) is 0 Å².